The molecule has 0 aromatic carbocycles. The van der Waals surface area contributed by atoms with Gasteiger partial charge in [-0.3, -0.25) is 9.97 Å². The van der Waals surface area contributed by atoms with Gasteiger partial charge in [-0.25, -0.2) is 0 Å². The van der Waals surface area contributed by atoms with Crippen LogP contribution in [0.15, 0.2) is 12.4 Å². The molecule has 0 saturated carbocycles. The Morgan fingerprint density at radius 2 is 1.75 bits per heavy atom. The first-order valence-electron chi connectivity index (χ1n) is 3.48. The van der Waals surface area contributed by atoms with E-state index in [-0.39, 0.29) is 0 Å². The van der Waals surface area contributed by atoms with Crippen LogP contribution >= 0.6 is 0 Å². The van der Waals surface area contributed by atoms with Crippen LogP contribution in [0.3, 0.4) is 0 Å². The molecule has 0 fully saturated rings. The van der Waals surface area contributed by atoms with Crippen LogP contribution in [0, 0.1) is 6.92 Å². The lowest BCUT2D eigenvalue weighted by molar-refractivity contribution is 1.01. The molecule has 0 spiro atoms. The molecule has 2 aromatic heterocycles. The van der Waals surface area contributed by atoms with Gasteiger partial charge in [-0.15, -0.1) is 0 Å². The largest absolute Gasteiger partial charge is 0.252 e. The maximum absolute atomic E-state index is 5.55. The highest BCUT2D eigenvalue weighted by molar-refractivity contribution is 6.36. The van der Waals surface area contributed by atoms with E-state index < -0.39 is 0 Å². The summed E-state index contributed by atoms with van der Waals surface area (Å²) in [6.45, 7) is 1.82. The fourth-order valence-electron chi connectivity index (χ4n) is 1.01. The van der Waals surface area contributed by atoms with Crippen molar-refractivity contribution in [3.05, 3.63) is 18.1 Å². The summed E-state index contributed by atoms with van der Waals surface area (Å²) in [4.78, 5) is 8.15. The molecule has 5 heteroatoms. The smallest absolute Gasteiger partial charge is 0.147 e. The average Bonchev–Trinajstić information content (AvgIpc) is 2.12. The average molecular weight is 156 g/mol. The van der Waals surface area contributed by atoms with Gasteiger partial charge in [0.25, 0.3) is 0 Å². The number of fused-ring (bicyclic) bond motifs is 1. The van der Waals surface area contributed by atoms with E-state index in [0.717, 1.165) is 5.69 Å². The van der Waals surface area contributed by atoms with E-state index in [9.17, 15) is 0 Å². The molecule has 0 N–H and O–H groups in total. The van der Waals surface area contributed by atoms with E-state index in [1.807, 2.05) is 6.92 Å². The summed E-state index contributed by atoms with van der Waals surface area (Å²) in [5.41, 5.74) is 2.39. The van der Waals surface area contributed by atoms with E-state index in [2.05, 4.69) is 20.2 Å². The minimum Gasteiger partial charge on any atom is -0.252 e. The predicted octanol–water partition coefficient (Wildman–Crippen LogP) is -0.478. The van der Waals surface area contributed by atoms with Crippen LogP contribution in [0.25, 0.3) is 11.0 Å². The number of rotatable bonds is 0. The van der Waals surface area contributed by atoms with E-state index in [4.69, 9.17) is 7.85 Å². The zero-order valence-electron chi connectivity index (χ0n) is 6.52. The molecule has 0 aliphatic heterocycles. The lowest BCUT2D eigenvalue weighted by Gasteiger charge is -1.99. The summed E-state index contributed by atoms with van der Waals surface area (Å²) in [6, 6.07) is 0. The molecular weight excluding hydrogens is 151 g/mol. The number of hydrogen-bond acceptors (Lipinski definition) is 4. The Bertz CT molecular complexity index is 388. The molecule has 0 aliphatic carbocycles. The normalized spacial score (nSPS) is 10.4. The van der Waals surface area contributed by atoms with Gasteiger partial charge in [0.1, 0.15) is 18.9 Å². The molecule has 0 saturated heterocycles. The van der Waals surface area contributed by atoms with Crippen LogP contribution in [-0.4, -0.2) is 28.0 Å². The fourth-order valence-corrected chi connectivity index (χ4v) is 1.01. The van der Waals surface area contributed by atoms with Crippen LogP contribution in [0.2, 0.25) is 0 Å². The van der Waals surface area contributed by atoms with Crippen molar-refractivity contribution >= 4 is 24.5 Å². The molecule has 0 amide bonds. The zero-order valence-corrected chi connectivity index (χ0v) is 6.52. The standard InChI is InChI=1S/C7H5BN4/c1-4-5-6(7(8)12-11-4)10-3-2-9-5/h2-3H,1H3. The third-order valence-electron chi connectivity index (χ3n) is 1.59. The highest BCUT2D eigenvalue weighted by atomic mass is 15.1. The van der Waals surface area contributed by atoms with Gasteiger partial charge in [0.15, 0.2) is 0 Å². The van der Waals surface area contributed by atoms with Crippen molar-refractivity contribution in [2.45, 2.75) is 6.92 Å². The topological polar surface area (TPSA) is 51.6 Å². The van der Waals surface area contributed by atoms with Crippen LogP contribution in [0.5, 0.6) is 0 Å². The molecule has 56 valence electrons. The second-order valence-electron chi connectivity index (χ2n) is 2.42. The summed E-state index contributed by atoms with van der Waals surface area (Å²) in [6.07, 6.45) is 3.19. The van der Waals surface area contributed by atoms with Crippen molar-refractivity contribution in [2.24, 2.45) is 0 Å². The molecule has 4 nitrogen and oxygen atoms in total. The van der Waals surface area contributed by atoms with Gasteiger partial charge < -0.3 is 0 Å². The summed E-state index contributed by atoms with van der Waals surface area (Å²) >= 11 is 0. The first kappa shape index (κ1) is 7.15. The lowest BCUT2D eigenvalue weighted by atomic mass is 10.0. The molecule has 0 atom stereocenters. The van der Waals surface area contributed by atoms with Gasteiger partial charge in [0, 0.05) is 18.0 Å². The molecule has 12 heavy (non-hydrogen) atoms. The molecule has 2 aromatic rings. The Labute approximate surface area is 70.5 Å². The molecule has 0 unspecified atom stereocenters. The SMILES string of the molecule is [B]c1nnc(C)c2nccnc12. The maximum atomic E-state index is 5.55. The van der Waals surface area contributed by atoms with Gasteiger partial charge in [-0.05, 0) is 6.92 Å². The van der Waals surface area contributed by atoms with Crippen molar-refractivity contribution in [1.29, 1.82) is 0 Å². The number of nitrogens with zero attached hydrogens (tertiary/aromatic N) is 4. The van der Waals surface area contributed by atoms with Crippen LogP contribution < -0.4 is 5.59 Å². The molecule has 2 radical (unpaired) electrons. The number of aryl methyl sites for hydroxylation is 1. The van der Waals surface area contributed by atoms with Gasteiger partial charge >= 0.3 is 0 Å². The molecule has 0 bridgehead atoms. The van der Waals surface area contributed by atoms with Crippen molar-refractivity contribution in [3.63, 3.8) is 0 Å². The molecule has 0 aliphatic rings. The first-order valence-corrected chi connectivity index (χ1v) is 3.48. The summed E-state index contributed by atoms with van der Waals surface area (Å²) in [5.74, 6) is 0. The van der Waals surface area contributed by atoms with Crippen molar-refractivity contribution in [3.8, 4) is 0 Å². The van der Waals surface area contributed by atoms with Gasteiger partial charge in [-0.2, -0.15) is 10.2 Å². The first-order chi connectivity index (χ1) is 5.79. The minimum atomic E-state index is 0.323. The lowest BCUT2D eigenvalue weighted by Crippen LogP contribution is -2.14. The second kappa shape index (κ2) is 2.51. The van der Waals surface area contributed by atoms with Gasteiger partial charge in [0.05, 0.1) is 5.69 Å². The maximum Gasteiger partial charge on any atom is 0.147 e. The zero-order chi connectivity index (χ0) is 8.55. The number of hydrogen-bond donors (Lipinski definition) is 0. The Kier molecular flexibility index (Phi) is 1.50. The van der Waals surface area contributed by atoms with Crippen molar-refractivity contribution in [2.75, 3.05) is 0 Å². The predicted molar refractivity (Wildman–Crippen MR) is 45.3 cm³/mol. The Balaban J connectivity index is 2.95. The molecule has 2 heterocycles. The van der Waals surface area contributed by atoms with Gasteiger partial charge in [-0.1, -0.05) is 0 Å². The van der Waals surface area contributed by atoms with Gasteiger partial charge in [0.2, 0.25) is 0 Å². The Morgan fingerprint density at radius 1 is 1.08 bits per heavy atom. The third-order valence-corrected chi connectivity index (χ3v) is 1.59. The highest BCUT2D eigenvalue weighted by Crippen LogP contribution is 2.04. The Hall–Kier alpha value is -1.52. The molecule has 2 rings (SSSR count). The summed E-state index contributed by atoms with van der Waals surface area (Å²) in [5, 5.41) is 7.56. The Morgan fingerprint density at radius 3 is 2.42 bits per heavy atom. The van der Waals surface area contributed by atoms with E-state index in [1.54, 1.807) is 12.4 Å². The van der Waals surface area contributed by atoms with E-state index in [1.165, 1.54) is 0 Å². The quantitative estimate of drug-likeness (QED) is 0.483. The van der Waals surface area contributed by atoms with Crippen LogP contribution in [0.1, 0.15) is 5.69 Å². The van der Waals surface area contributed by atoms with E-state index >= 15 is 0 Å². The third kappa shape index (κ3) is 0.940. The summed E-state index contributed by atoms with van der Waals surface area (Å²) in [7, 11) is 5.55. The monoisotopic (exact) mass is 156 g/mol. The van der Waals surface area contributed by atoms with E-state index in [0.29, 0.717) is 16.6 Å². The molecular formula is C7H5BN4. The fraction of sp³-hybridized carbons (Fsp3) is 0.143. The van der Waals surface area contributed by atoms with Crippen molar-refractivity contribution in [1.82, 2.24) is 20.2 Å². The number of aromatic nitrogens is 4. The highest BCUT2D eigenvalue weighted by Gasteiger charge is 2.02. The summed E-state index contributed by atoms with van der Waals surface area (Å²) < 4.78 is 0. The van der Waals surface area contributed by atoms with Crippen LogP contribution in [-0.2, 0) is 0 Å². The second-order valence-corrected chi connectivity index (χ2v) is 2.42. The van der Waals surface area contributed by atoms with Crippen molar-refractivity contribution < 1.29 is 0 Å². The van der Waals surface area contributed by atoms with Crippen LogP contribution in [0.4, 0.5) is 0 Å². The minimum absolute atomic E-state index is 0.323.